The third kappa shape index (κ3) is 7.12. The smallest absolute Gasteiger partial charge is 0.244 e. The van der Waals surface area contributed by atoms with Gasteiger partial charge in [0.25, 0.3) is 0 Å². The fourth-order valence-corrected chi connectivity index (χ4v) is 4.26. The van der Waals surface area contributed by atoms with Crippen LogP contribution < -0.4 is 9.62 Å². The highest BCUT2D eigenvalue weighted by Gasteiger charge is 2.30. The van der Waals surface area contributed by atoms with Crippen molar-refractivity contribution in [1.82, 2.24) is 10.2 Å². The molecule has 0 aliphatic rings. The van der Waals surface area contributed by atoms with Crippen LogP contribution in [0.2, 0.25) is 10.0 Å². The summed E-state index contributed by atoms with van der Waals surface area (Å²) >= 11 is 12.3. The van der Waals surface area contributed by atoms with Gasteiger partial charge in [0.05, 0.1) is 11.9 Å². The van der Waals surface area contributed by atoms with E-state index < -0.39 is 28.5 Å². The summed E-state index contributed by atoms with van der Waals surface area (Å²) in [5.41, 5.74) is 0.903. The van der Waals surface area contributed by atoms with Crippen LogP contribution in [0.5, 0.6) is 0 Å². The van der Waals surface area contributed by atoms with Crippen molar-refractivity contribution in [1.29, 1.82) is 0 Å². The number of amides is 2. The maximum atomic E-state index is 13.4. The van der Waals surface area contributed by atoms with E-state index in [0.717, 1.165) is 17.0 Å². The maximum absolute atomic E-state index is 13.4. The van der Waals surface area contributed by atoms with Gasteiger partial charge in [-0.1, -0.05) is 54.4 Å². The summed E-state index contributed by atoms with van der Waals surface area (Å²) in [6, 6.07) is 12.4. The van der Waals surface area contributed by atoms with Crippen LogP contribution in [-0.4, -0.2) is 50.5 Å². The molecule has 0 aliphatic carbocycles. The number of hydrogen-bond donors (Lipinski definition) is 1. The molecule has 0 saturated heterocycles. The van der Waals surface area contributed by atoms with E-state index in [4.69, 9.17) is 23.2 Å². The lowest BCUT2D eigenvalue weighted by Crippen LogP contribution is -2.51. The Morgan fingerprint density at radius 2 is 1.78 bits per heavy atom. The molecule has 0 aromatic heterocycles. The quantitative estimate of drug-likeness (QED) is 0.539. The van der Waals surface area contributed by atoms with Crippen molar-refractivity contribution in [3.05, 3.63) is 64.1 Å². The predicted octanol–water partition coefficient (Wildman–Crippen LogP) is 3.70. The first-order chi connectivity index (χ1) is 15.0. The fraction of sp³-hybridized carbons (Fsp3) is 0.364. The van der Waals surface area contributed by atoms with Crippen molar-refractivity contribution in [3.63, 3.8) is 0 Å². The fourth-order valence-electron chi connectivity index (χ4n) is 3.03. The van der Waals surface area contributed by atoms with Gasteiger partial charge < -0.3 is 10.2 Å². The van der Waals surface area contributed by atoms with Crippen LogP contribution in [-0.2, 0) is 26.2 Å². The third-order valence-corrected chi connectivity index (χ3v) is 6.53. The monoisotopic (exact) mass is 499 g/mol. The number of halogens is 2. The van der Waals surface area contributed by atoms with Crippen molar-refractivity contribution in [2.75, 3.05) is 23.7 Å². The lowest BCUT2D eigenvalue weighted by Gasteiger charge is -2.31. The van der Waals surface area contributed by atoms with Gasteiger partial charge in [0, 0.05) is 23.1 Å². The molecule has 2 aromatic carbocycles. The highest BCUT2D eigenvalue weighted by Crippen LogP contribution is 2.23. The zero-order valence-corrected chi connectivity index (χ0v) is 20.5. The first kappa shape index (κ1) is 26.0. The van der Waals surface area contributed by atoms with E-state index in [1.165, 1.54) is 11.0 Å². The minimum atomic E-state index is -3.80. The predicted molar refractivity (Wildman–Crippen MR) is 128 cm³/mol. The van der Waals surface area contributed by atoms with Crippen LogP contribution in [0.25, 0.3) is 0 Å². The Kier molecular flexibility index (Phi) is 9.36. The molecule has 2 rings (SSSR count). The van der Waals surface area contributed by atoms with Gasteiger partial charge in [-0.3, -0.25) is 13.9 Å². The second kappa shape index (κ2) is 11.5. The van der Waals surface area contributed by atoms with Gasteiger partial charge in [-0.15, -0.1) is 0 Å². The van der Waals surface area contributed by atoms with Gasteiger partial charge in [-0.05, 0) is 43.2 Å². The molecule has 1 unspecified atom stereocenters. The SMILES string of the molecule is CCCNC(=O)C(C)N(Cc1ccccc1Cl)C(=O)CN(c1cccc(Cl)c1)S(C)(=O)=O. The summed E-state index contributed by atoms with van der Waals surface area (Å²) in [4.78, 5) is 27.3. The van der Waals surface area contributed by atoms with Crippen LogP contribution in [0.1, 0.15) is 25.8 Å². The number of rotatable bonds is 10. The number of carbonyl (C=O) groups excluding carboxylic acids is 2. The summed E-state index contributed by atoms with van der Waals surface area (Å²) in [6.45, 7) is 3.55. The van der Waals surface area contributed by atoms with E-state index in [1.807, 2.05) is 6.92 Å². The largest absolute Gasteiger partial charge is 0.354 e. The minimum absolute atomic E-state index is 0.0480. The lowest BCUT2D eigenvalue weighted by atomic mass is 10.1. The number of nitrogens with one attached hydrogen (secondary N) is 1. The number of anilines is 1. The lowest BCUT2D eigenvalue weighted by molar-refractivity contribution is -0.139. The van der Waals surface area contributed by atoms with Gasteiger partial charge in [-0.2, -0.15) is 0 Å². The summed E-state index contributed by atoms with van der Waals surface area (Å²) in [5, 5.41) is 3.56. The number of sulfonamides is 1. The minimum Gasteiger partial charge on any atom is -0.354 e. The van der Waals surface area contributed by atoms with Gasteiger partial charge in [0.2, 0.25) is 21.8 Å². The van der Waals surface area contributed by atoms with E-state index in [0.29, 0.717) is 22.2 Å². The highest BCUT2D eigenvalue weighted by atomic mass is 35.5. The molecule has 10 heteroatoms. The van der Waals surface area contributed by atoms with Crippen LogP contribution >= 0.6 is 23.2 Å². The summed E-state index contributed by atoms with van der Waals surface area (Å²) in [5.74, 6) is -0.879. The van der Waals surface area contributed by atoms with Crippen LogP contribution in [0.15, 0.2) is 48.5 Å². The van der Waals surface area contributed by atoms with Gasteiger partial charge in [0.15, 0.2) is 0 Å². The highest BCUT2D eigenvalue weighted by molar-refractivity contribution is 7.92. The normalized spacial score (nSPS) is 12.2. The number of carbonyl (C=O) groups is 2. The number of nitrogens with zero attached hydrogens (tertiary/aromatic N) is 2. The Labute approximate surface area is 199 Å². The molecule has 7 nitrogen and oxygen atoms in total. The van der Waals surface area contributed by atoms with E-state index in [2.05, 4.69) is 5.32 Å². The Bertz CT molecular complexity index is 1060. The molecule has 174 valence electrons. The van der Waals surface area contributed by atoms with Crippen LogP contribution in [0, 0.1) is 0 Å². The van der Waals surface area contributed by atoms with E-state index >= 15 is 0 Å². The van der Waals surface area contributed by atoms with E-state index in [9.17, 15) is 18.0 Å². The number of benzene rings is 2. The maximum Gasteiger partial charge on any atom is 0.244 e. The summed E-state index contributed by atoms with van der Waals surface area (Å²) in [7, 11) is -3.80. The molecule has 32 heavy (non-hydrogen) atoms. The van der Waals surface area contributed by atoms with Crippen molar-refractivity contribution in [2.45, 2.75) is 32.9 Å². The second-order valence-corrected chi connectivity index (χ2v) is 10.1. The summed E-state index contributed by atoms with van der Waals surface area (Å²) < 4.78 is 25.9. The van der Waals surface area contributed by atoms with E-state index in [1.54, 1.807) is 49.4 Å². The molecule has 0 bridgehead atoms. The Morgan fingerprint density at radius 3 is 2.38 bits per heavy atom. The molecule has 0 aliphatic heterocycles. The molecule has 0 fully saturated rings. The van der Waals surface area contributed by atoms with Crippen molar-refractivity contribution < 1.29 is 18.0 Å². The van der Waals surface area contributed by atoms with Crippen molar-refractivity contribution in [3.8, 4) is 0 Å². The molecule has 0 radical (unpaired) electrons. The van der Waals surface area contributed by atoms with Crippen molar-refractivity contribution in [2.24, 2.45) is 0 Å². The van der Waals surface area contributed by atoms with Gasteiger partial charge >= 0.3 is 0 Å². The molecule has 2 aromatic rings. The van der Waals surface area contributed by atoms with Crippen LogP contribution in [0.4, 0.5) is 5.69 Å². The molecule has 2 amide bonds. The molecule has 1 atom stereocenters. The molecule has 0 spiro atoms. The topological polar surface area (TPSA) is 86.8 Å². The Hall–Kier alpha value is -2.29. The van der Waals surface area contributed by atoms with Crippen LogP contribution in [0.3, 0.4) is 0 Å². The summed E-state index contributed by atoms with van der Waals surface area (Å²) in [6.07, 6.45) is 1.75. The molecule has 0 heterocycles. The third-order valence-electron chi connectivity index (χ3n) is 4.79. The Morgan fingerprint density at radius 1 is 1.09 bits per heavy atom. The van der Waals surface area contributed by atoms with Crippen molar-refractivity contribution >= 4 is 50.7 Å². The van der Waals surface area contributed by atoms with Gasteiger partial charge in [-0.25, -0.2) is 8.42 Å². The molecular weight excluding hydrogens is 473 g/mol. The zero-order chi connectivity index (χ0) is 23.9. The van der Waals surface area contributed by atoms with Gasteiger partial charge in [0.1, 0.15) is 12.6 Å². The standard InChI is InChI=1S/C22H27Cl2N3O4S/c1-4-12-25-22(29)16(2)26(14-17-8-5-6-11-20(17)24)21(28)15-27(32(3,30)31)19-10-7-9-18(23)13-19/h5-11,13,16H,4,12,14-15H2,1-3H3,(H,25,29). The Balaban J connectivity index is 2.38. The first-order valence-electron chi connectivity index (χ1n) is 10.1. The number of hydrogen-bond acceptors (Lipinski definition) is 4. The first-order valence-corrected chi connectivity index (χ1v) is 12.7. The zero-order valence-electron chi connectivity index (χ0n) is 18.2. The second-order valence-electron chi connectivity index (χ2n) is 7.33. The molecule has 1 N–H and O–H groups in total. The average molecular weight is 500 g/mol. The average Bonchev–Trinajstić information content (AvgIpc) is 2.73. The molecular formula is C22H27Cl2N3O4S. The molecule has 0 saturated carbocycles. The van der Waals surface area contributed by atoms with E-state index in [-0.39, 0.29) is 18.1 Å².